The molecule has 0 saturated carbocycles. The average Bonchev–Trinajstić information content (AvgIpc) is 3.10. The fraction of sp³-hybridized carbons (Fsp3) is 0.0952. The average molecular weight is 507 g/mol. The van der Waals surface area contributed by atoms with Gasteiger partial charge in [0.25, 0.3) is 10.0 Å². The van der Waals surface area contributed by atoms with Gasteiger partial charge in [0.2, 0.25) is 5.91 Å². The van der Waals surface area contributed by atoms with E-state index in [1.165, 1.54) is 34.9 Å². The van der Waals surface area contributed by atoms with Gasteiger partial charge in [-0.15, -0.1) is 11.8 Å². The Labute approximate surface area is 186 Å². The quantitative estimate of drug-likeness (QED) is 0.518. The van der Waals surface area contributed by atoms with Crippen LogP contribution in [0.4, 0.5) is 15.8 Å². The van der Waals surface area contributed by atoms with Crippen LogP contribution in [-0.4, -0.2) is 20.1 Å². The van der Waals surface area contributed by atoms with Gasteiger partial charge in [-0.2, -0.15) is 0 Å². The number of hydrogen-bond donors (Lipinski definition) is 1. The smallest absolute Gasteiger partial charge is 0.261 e. The molecule has 1 atom stereocenters. The highest BCUT2D eigenvalue weighted by molar-refractivity contribution is 9.10. The first-order valence-electron chi connectivity index (χ1n) is 8.92. The van der Waals surface area contributed by atoms with Gasteiger partial charge in [0, 0.05) is 10.2 Å². The van der Waals surface area contributed by atoms with E-state index in [9.17, 15) is 17.6 Å². The second-order valence-electron chi connectivity index (χ2n) is 6.56. The molecule has 1 unspecified atom stereocenters. The summed E-state index contributed by atoms with van der Waals surface area (Å²) in [5.41, 5.74) is 1.27. The van der Waals surface area contributed by atoms with Crippen LogP contribution < -0.4 is 9.62 Å². The van der Waals surface area contributed by atoms with Gasteiger partial charge in [0.1, 0.15) is 11.2 Å². The molecule has 0 spiro atoms. The maximum atomic E-state index is 14.3. The van der Waals surface area contributed by atoms with Crippen LogP contribution in [0, 0.1) is 5.82 Å². The zero-order valence-corrected chi connectivity index (χ0v) is 18.7. The van der Waals surface area contributed by atoms with Gasteiger partial charge in [-0.3, -0.25) is 14.4 Å². The Balaban J connectivity index is 1.64. The largest absolute Gasteiger partial charge is 0.292 e. The van der Waals surface area contributed by atoms with Gasteiger partial charge >= 0.3 is 0 Å². The summed E-state index contributed by atoms with van der Waals surface area (Å²) < 4.78 is 43.0. The van der Waals surface area contributed by atoms with Crippen molar-refractivity contribution in [1.29, 1.82) is 0 Å². The first-order chi connectivity index (χ1) is 14.3. The summed E-state index contributed by atoms with van der Waals surface area (Å²) in [7, 11) is -3.77. The molecule has 0 aliphatic carbocycles. The van der Waals surface area contributed by atoms with Crippen molar-refractivity contribution in [1.82, 2.24) is 0 Å². The van der Waals surface area contributed by atoms with Crippen LogP contribution in [0.25, 0.3) is 0 Å². The van der Waals surface area contributed by atoms with Crippen molar-refractivity contribution in [3.05, 3.63) is 88.6 Å². The summed E-state index contributed by atoms with van der Waals surface area (Å²) in [4.78, 5) is 14.0. The van der Waals surface area contributed by atoms with Crippen molar-refractivity contribution in [2.45, 2.75) is 10.3 Å². The Morgan fingerprint density at radius 3 is 2.50 bits per heavy atom. The molecule has 0 bridgehead atoms. The molecular weight excluding hydrogens is 491 g/mol. The van der Waals surface area contributed by atoms with Gasteiger partial charge in [0.05, 0.1) is 16.3 Å². The van der Waals surface area contributed by atoms with Gasteiger partial charge < -0.3 is 0 Å². The Bertz CT molecular complexity index is 1200. The molecule has 1 N–H and O–H groups in total. The molecule has 1 saturated heterocycles. The fourth-order valence-corrected chi connectivity index (χ4v) is 5.63. The Kier molecular flexibility index (Phi) is 5.86. The van der Waals surface area contributed by atoms with E-state index >= 15 is 0 Å². The standard InChI is InChI=1S/C21H16BrFN2O3S2/c22-15-8-10-17(11-9-15)30(27,28)24-16-5-3-4-14(12-16)21-25(20(26)13-29-21)19-7-2-1-6-18(19)23/h1-12,21,24H,13H2. The minimum Gasteiger partial charge on any atom is -0.292 e. The summed E-state index contributed by atoms with van der Waals surface area (Å²) >= 11 is 4.65. The first-order valence-corrected chi connectivity index (χ1v) is 12.2. The van der Waals surface area contributed by atoms with Crippen molar-refractivity contribution in [3.63, 3.8) is 0 Å². The van der Waals surface area contributed by atoms with Gasteiger partial charge in [-0.25, -0.2) is 12.8 Å². The number of thioether (sulfide) groups is 1. The van der Waals surface area contributed by atoms with E-state index in [0.29, 0.717) is 11.3 Å². The maximum absolute atomic E-state index is 14.3. The van der Waals surface area contributed by atoms with E-state index < -0.39 is 21.2 Å². The van der Waals surface area contributed by atoms with E-state index in [-0.39, 0.29) is 22.2 Å². The van der Waals surface area contributed by atoms with E-state index in [2.05, 4.69) is 20.7 Å². The molecule has 1 aliphatic rings. The van der Waals surface area contributed by atoms with Crippen molar-refractivity contribution < 1.29 is 17.6 Å². The maximum Gasteiger partial charge on any atom is 0.261 e. The second-order valence-corrected chi connectivity index (χ2v) is 10.2. The molecule has 3 aromatic carbocycles. The number of hydrogen-bond acceptors (Lipinski definition) is 4. The number of amides is 1. The van der Waals surface area contributed by atoms with Crippen molar-refractivity contribution in [3.8, 4) is 0 Å². The zero-order chi connectivity index (χ0) is 21.3. The molecule has 1 aliphatic heterocycles. The summed E-state index contributed by atoms with van der Waals surface area (Å²) in [5, 5.41) is -0.452. The number of nitrogens with zero attached hydrogens (tertiary/aromatic N) is 1. The lowest BCUT2D eigenvalue weighted by Gasteiger charge is -2.25. The summed E-state index contributed by atoms with van der Waals surface area (Å²) in [6.45, 7) is 0. The van der Waals surface area contributed by atoms with Gasteiger partial charge in [-0.05, 0) is 54.1 Å². The number of sulfonamides is 1. The number of halogens is 2. The van der Waals surface area contributed by atoms with E-state index in [1.807, 2.05) is 0 Å². The topological polar surface area (TPSA) is 66.5 Å². The third kappa shape index (κ3) is 4.23. The molecule has 1 amide bonds. The number of nitrogens with one attached hydrogen (secondary N) is 1. The Morgan fingerprint density at radius 1 is 1.03 bits per heavy atom. The summed E-state index contributed by atoms with van der Waals surface area (Å²) in [6, 6.07) is 19.2. The number of anilines is 2. The minimum atomic E-state index is -3.77. The van der Waals surface area contributed by atoms with Gasteiger partial charge in [0.15, 0.2) is 0 Å². The lowest BCUT2D eigenvalue weighted by Crippen LogP contribution is -2.28. The minimum absolute atomic E-state index is 0.134. The summed E-state index contributed by atoms with van der Waals surface area (Å²) in [5.74, 6) is -0.463. The van der Waals surface area contributed by atoms with Crippen LogP contribution in [-0.2, 0) is 14.8 Å². The van der Waals surface area contributed by atoms with Crippen molar-refractivity contribution in [2.75, 3.05) is 15.4 Å². The molecule has 30 heavy (non-hydrogen) atoms. The lowest BCUT2D eigenvalue weighted by atomic mass is 10.1. The number of benzene rings is 3. The predicted octanol–water partition coefficient (Wildman–Crippen LogP) is 5.17. The molecular formula is C21H16BrFN2O3S2. The SMILES string of the molecule is O=C1CSC(c2cccc(NS(=O)(=O)c3ccc(Br)cc3)c2)N1c1ccccc1F. The number of carbonyl (C=O) groups is 1. The summed E-state index contributed by atoms with van der Waals surface area (Å²) in [6.07, 6.45) is 0. The molecule has 9 heteroatoms. The molecule has 1 heterocycles. The molecule has 0 radical (unpaired) electrons. The lowest BCUT2D eigenvalue weighted by molar-refractivity contribution is -0.115. The second kappa shape index (κ2) is 8.41. The Hall–Kier alpha value is -2.36. The highest BCUT2D eigenvalue weighted by Gasteiger charge is 2.35. The van der Waals surface area contributed by atoms with E-state index in [4.69, 9.17) is 0 Å². The van der Waals surface area contributed by atoms with Gasteiger partial charge in [-0.1, -0.05) is 40.2 Å². The predicted molar refractivity (Wildman–Crippen MR) is 120 cm³/mol. The third-order valence-corrected chi connectivity index (χ3v) is 7.67. The molecule has 154 valence electrons. The van der Waals surface area contributed by atoms with Crippen LogP contribution in [0.5, 0.6) is 0 Å². The highest BCUT2D eigenvalue weighted by Crippen LogP contribution is 2.43. The number of carbonyl (C=O) groups excluding carboxylic acids is 1. The van der Waals surface area contributed by atoms with Crippen LogP contribution in [0.15, 0.2) is 82.2 Å². The third-order valence-electron chi connectivity index (χ3n) is 4.53. The van der Waals surface area contributed by atoms with E-state index in [1.54, 1.807) is 54.6 Å². The highest BCUT2D eigenvalue weighted by atomic mass is 79.9. The normalized spacial score (nSPS) is 16.7. The van der Waals surface area contributed by atoms with Crippen LogP contribution in [0.3, 0.4) is 0 Å². The van der Waals surface area contributed by atoms with E-state index in [0.717, 1.165) is 4.47 Å². The molecule has 3 aromatic rings. The molecule has 4 rings (SSSR count). The van der Waals surface area contributed by atoms with Crippen LogP contribution in [0.2, 0.25) is 0 Å². The first kappa shape index (κ1) is 20.9. The molecule has 1 fully saturated rings. The Morgan fingerprint density at radius 2 is 1.77 bits per heavy atom. The van der Waals surface area contributed by atoms with Crippen LogP contribution in [0.1, 0.15) is 10.9 Å². The number of rotatable bonds is 5. The fourth-order valence-electron chi connectivity index (χ4n) is 3.16. The van der Waals surface area contributed by atoms with Crippen LogP contribution >= 0.6 is 27.7 Å². The zero-order valence-electron chi connectivity index (χ0n) is 15.5. The molecule has 5 nitrogen and oxygen atoms in total. The monoisotopic (exact) mass is 506 g/mol. The van der Waals surface area contributed by atoms with Crippen molar-refractivity contribution >= 4 is 55.0 Å². The number of para-hydroxylation sites is 1. The van der Waals surface area contributed by atoms with Crippen molar-refractivity contribution in [2.24, 2.45) is 0 Å². The molecule has 0 aromatic heterocycles.